The van der Waals surface area contributed by atoms with Gasteiger partial charge in [0.2, 0.25) is 10.0 Å². The van der Waals surface area contributed by atoms with Crippen LogP contribution in [-0.2, 0) is 19.9 Å². The molecule has 3 rings (SSSR count). The lowest BCUT2D eigenvalue weighted by atomic mass is 10.4. The van der Waals surface area contributed by atoms with Crippen molar-refractivity contribution in [3.8, 4) is 0 Å². The molecule has 21 heavy (non-hydrogen) atoms. The Labute approximate surface area is 129 Å². The summed E-state index contributed by atoms with van der Waals surface area (Å²) in [7, 11) is -6.82. The highest BCUT2D eigenvalue weighted by Gasteiger charge is 2.45. The van der Waals surface area contributed by atoms with Gasteiger partial charge in [0.15, 0.2) is 9.84 Å². The standard InChI is InChI=1S/C13H16ClNO4S2/c14-10-1-3-11(4-2-10)20(16,17)13-7-8-15(9-13)21(18,19)12-5-6-12/h1-4,12-13H,5-9H2. The molecule has 1 aliphatic heterocycles. The molecular formula is C13H16ClNO4S2. The zero-order valence-corrected chi connectivity index (χ0v) is 13.7. The maximum absolute atomic E-state index is 12.5. The molecule has 0 N–H and O–H groups in total. The molecule has 1 aromatic carbocycles. The first kappa shape index (κ1) is 15.3. The molecule has 0 radical (unpaired) electrons. The van der Waals surface area contributed by atoms with E-state index in [9.17, 15) is 16.8 Å². The molecule has 1 aromatic rings. The average molecular weight is 350 g/mol. The van der Waals surface area contributed by atoms with E-state index in [0.717, 1.165) is 0 Å². The van der Waals surface area contributed by atoms with Crippen molar-refractivity contribution < 1.29 is 16.8 Å². The Balaban J connectivity index is 1.80. The van der Waals surface area contributed by atoms with Gasteiger partial charge in [0.25, 0.3) is 0 Å². The summed E-state index contributed by atoms with van der Waals surface area (Å²) in [4.78, 5) is 0.197. The molecule has 1 heterocycles. The molecule has 1 saturated carbocycles. The van der Waals surface area contributed by atoms with Crippen LogP contribution >= 0.6 is 11.6 Å². The number of benzene rings is 1. The van der Waals surface area contributed by atoms with Gasteiger partial charge in [-0.3, -0.25) is 0 Å². The summed E-state index contributed by atoms with van der Waals surface area (Å²) >= 11 is 5.76. The van der Waals surface area contributed by atoms with E-state index in [1.165, 1.54) is 28.6 Å². The third-order valence-corrected chi connectivity index (χ3v) is 8.80. The van der Waals surface area contributed by atoms with Crippen molar-refractivity contribution in [2.45, 2.75) is 34.7 Å². The van der Waals surface area contributed by atoms with Crippen molar-refractivity contribution in [2.75, 3.05) is 13.1 Å². The molecule has 0 spiro atoms. The van der Waals surface area contributed by atoms with Crippen molar-refractivity contribution in [3.63, 3.8) is 0 Å². The molecule has 1 unspecified atom stereocenters. The summed E-state index contributed by atoms with van der Waals surface area (Å²) in [6.07, 6.45) is 1.72. The smallest absolute Gasteiger partial charge is 0.217 e. The summed E-state index contributed by atoms with van der Waals surface area (Å²) in [6.45, 7) is 0.347. The minimum atomic E-state index is -3.52. The summed E-state index contributed by atoms with van der Waals surface area (Å²) < 4.78 is 50.7. The largest absolute Gasteiger partial charge is 0.223 e. The number of sulfonamides is 1. The van der Waals surface area contributed by atoms with Crippen molar-refractivity contribution >= 4 is 31.5 Å². The average Bonchev–Trinajstić information content (AvgIpc) is 3.16. The first-order valence-corrected chi connectivity index (χ1v) is 10.2. The van der Waals surface area contributed by atoms with E-state index < -0.39 is 25.1 Å². The number of halogens is 1. The van der Waals surface area contributed by atoms with Gasteiger partial charge in [0.1, 0.15) is 0 Å². The van der Waals surface area contributed by atoms with E-state index in [4.69, 9.17) is 11.6 Å². The highest BCUT2D eigenvalue weighted by atomic mass is 35.5. The molecule has 0 aromatic heterocycles. The molecule has 116 valence electrons. The number of hydrogen-bond acceptors (Lipinski definition) is 4. The van der Waals surface area contributed by atoms with Gasteiger partial charge in [-0.05, 0) is 43.5 Å². The number of nitrogens with zero attached hydrogens (tertiary/aromatic N) is 1. The minimum absolute atomic E-state index is 0.0593. The fourth-order valence-corrected chi connectivity index (χ4v) is 6.39. The van der Waals surface area contributed by atoms with E-state index in [-0.39, 0.29) is 23.2 Å². The van der Waals surface area contributed by atoms with Gasteiger partial charge in [0, 0.05) is 18.1 Å². The van der Waals surface area contributed by atoms with Crippen LogP contribution in [0.4, 0.5) is 0 Å². The molecule has 0 bridgehead atoms. The van der Waals surface area contributed by atoms with Crippen LogP contribution < -0.4 is 0 Å². The van der Waals surface area contributed by atoms with E-state index in [1.807, 2.05) is 0 Å². The third-order valence-electron chi connectivity index (χ3n) is 3.99. The SMILES string of the molecule is O=S(=O)(c1ccc(Cl)cc1)C1CCN(S(=O)(=O)C2CC2)C1. The topological polar surface area (TPSA) is 71.5 Å². The summed E-state index contributed by atoms with van der Waals surface area (Å²) in [6, 6.07) is 6.00. The first-order chi connectivity index (χ1) is 9.81. The van der Waals surface area contributed by atoms with E-state index in [0.29, 0.717) is 24.3 Å². The predicted molar refractivity (Wildman–Crippen MR) is 80.6 cm³/mol. The number of hydrogen-bond donors (Lipinski definition) is 0. The molecule has 0 amide bonds. The van der Waals surface area contributed by atoms with Crippen LogP contribution in [0.15, 0.2) is 29.2 Å². The van der Waals surface area contributed by atoms with Gasteiger partial charge in [-0.15, -0.1) is 0 Å². The minimum Gasteiger partial charge on any atom is -0.223 e. The molecule has 2 aliphatic rings. The highest BCUT2D eigenvalue weighted by Crippen LogP contribution is 2.34. The predicted octanol–water partition coefficient (Wildman–Crippen LogP) is 1.68. The second kappa shape index (κ2) is 5.22. The maximum atomic E-state index is 12.5. The number of sulfone groups is 1. The molecule has 5 nitrogen and oxygen atoms in total. The van der Waals surface area contributed by atoms with Crippen LogP contribution in [0.2, 0.25) is 5.02 Å². The monoisotopic (exact) mass is 349 g/mol. The Kier molecular flexibility index (Phi) is 3.80. The van der Waals surface area contributed by atoms with Crippen LogP contribution in [-0.4, -0.2) is 44.7 Å². The lowest BCUT2D eigenvalue weighted by Crippen LogP contribution is -2.34. The van der Waals surface area contributed by atoms with Gasteiger partial charge in [-0.2, -0.15) is 0 Å². The molecule has 1 aliphatic carbocycles. The number of rotatable bonds is 4. The Morgan fingerprint density at radius 2 is 1.57 bits per heavy atom. The summed E-state index contributed by atoms with van der Waals surface area (Å²) in [5.41, 5.74) is 0. The summed E-state index contributed by atoms with van der Waals surface area (Å²) in [5.74, 6) is 0. The van der Waals surface area contributed by atoms with Gasteiger partial charge in [-0.25, -0.2) is 21.1 Å². The first-order valence-electron chi connectivity index (χ1n) is 6.80. The second-order valence-corrected chi connectivity index (χ2v) is 10.4. The Hall–Kier alpha value is -0.630. The van der Waals surface area contributed by atoms with Crippen molar-refractivity contribution in [1.29, 1.82) is 0 Å². The van der Waals surface area contributed by atoms with Crippen molar-refractivity contribution in [1.82, 2.24) is 4.31 Å². The molecule has 1 saturated heterocycles. The zero-order chi connectivity index (χ0) is 15.3. The lowest BCUT2D eigenvalue weighted by molar-refractivity contribution is 0.475. The molecular weight excluding hydrogens is 334 g/mol. The van der Waals surface area contributed by atoms with Gasteiger partial charge < -0.3 is 0 Å². The fourth-order valence-electron chi connectivity index (χ4n) is 2.58. The van der Waals surface area contributed by atoms with Crippen molar-refractivity contribution in [3.05, 3.63) is 29.3 Å². The van der Waals surface area contributed by atoms with Gasteiger partial charge in [0.05, 0.1) is 15.4 Å². The Morgan fingerprint density at radius 1 is 0.952 bits per heavy atom. The molecule has 8 heteroatoms. The molecule has 2 fully saturated rings. The van der Waals surface area contributed by atoms with Gasteiger partial charge in [-0.1, -0.05) is 11.6 Å². The highest BCUT2D eigenvalue weighted by molar-refractivity contribution is 7.92. The maximum Gasteiger partial charge on any atom is 0.217 e. The zero-order valence-electron chi connectivity index (χ0n) is 11.3. The second-order valence-electron chi connectivity index (χ2n) is 5.51. The quantitative estimate of drug-likeness (QED) is 0.829. The van der Waals surface area contributed by atoms with Crippen LogP contribution in [0.25, 0.3) is 0 Å². The Bertz CT molecular complexity index is 739. The van der Waals surface area contributed by atoms with Gasteiger partial charge >= 0.3 is 0 Å². The van der Waals surface area contributed by atoms with Crippen LogP contribution in [0.5, 0.6) is 0 Å². The van der Waals surface area contributed by atoms with E-state index in [2.05, 4.69) is 0 Å². The summed E-state index contributed by atoms with van der Waals surface area (Å²) in [5, 5.41) is -0.500. The molecule has 1 atom stereocenters. The lowest BCUT2D eigenvalue weighted by Gasteiger charge is -2.16. The van der Waals surface area contributed by atoms with Crippen LogP contribution in [0.3, 0.4) is 0 Å². The Morgan fingerprint density at radius 3 is 2.14 bits per heavy atom. The van der Waals surface area contributed by atoms with Crippen LogP contribution in [0, 0.1) is 0 Å². The third kappa shape index (κ3) is 2.84. The van der Waals surface area contributed by atoms with Crippen molar-refractivity contribution in [2.24, 2.45) is 0 Å². The van der Waals surface area contributed by atoms with Crippen LogP contribution in [0.1, 0.15) is 19.3 Å². The van der Waals surface area contributed by atoms with E-state index in [1.54, 1.807) is 0 Å². The van der Waals surface area contributed by atoms with E-state index >= 15 is 0 Å². The fraction of sp³-hybridized carbons (Fsp3) is 0.538. The normalized spacial score (nSPS) is 24.3.